The largest absolute Gasteiger partial charge is 0.379 e. The van der Waals surface area contributed by atoms with E-state index in [0.29, 0.717) is 0 Å². The van der Waals surface area contributed by atoms with Crippen molar-refractivity contribution in [2.75, 3.05) is 7.11 Å². The number of fused-ring (bicyclic) bond motifs is 2. The molecule has 0 aliphatic heterocycles. The highest BCUT2D eigenvalue weighted by molar-refractivity contribution is 5.93. The highest BCUT2D eigenvalue weighted by atomic mass is 16.5. The molecule has 5 nitrogen and oxygen atoms in total. The second kappa shape index (κ2) is 6.53. The Hall–Kier alpha value is -2.92. The third-order valence-electron chi connectivity index (χ3n) is 4.68. The first-order chi connectivity index (χ1) is 12.2. The number of nitrogens with one attached hydrogen (secondary N) is 2. The quantitative estimate of drug-likeness (QED) is 0.721. The smallest absolute Gasteiger partial charge is 0.244 e. The number of ether oxygens (including phenoxy) is 1. The number of nitrogens with zero attached hydrogens (tertiary/aromatic N) is 1. The van der Waals surface area contributed by atoms with E-state index in [-0.39, 0.29) is 18.1 Å². The second-order valence-corrected chi connectivity index (χ2v) is 6.21. The van der Waals surface area contributed by atoms with Gasteiger partial charge in [0.25, 0.3) is 0 Å². The molecule has 1 amide bonds. The highest BCUT2D eigenvalue weighted by Gasteiger charge is 2.32. The number of hydrogen-bond donors (Lipinski definition) is 2. The maximum Gasteiger partial charge on any atom is 0.244 e. The molecule has 0 radical (unpaired) electrons. The van der Waals surface area contributed by atoms with Crippen LogP contribution in [0.1, 0.15) is 22.7 Å². The van der Waals surface area contributed by atoms with Gasteiger partial charge >= 0.3 is 0 Å². The third-order valence-corrected chi connectivity index (χ3v) is 4.68. The van der Waals surface area contributed by atoms with Gasteiger partial charge in [0, 0.05) is 25.0 Å². The lowest BCUT2D eigenvalue weighted by molar-refractivity contribution is -0.118. The SMILES string of the molecule is CO[C@H]1Cc2ccccc2[C@H]1NC(=O)/C=C/c1ccc2cn[nH]c2c1. The summed E-state index contributed by atoms with van der Waals surface area (Å²) in [6.07, 6.45) is 5.93. The summed E-state index contributed by atoms with van der Waals surface area (Å²) in [6, 6.07) is 13.9. The number of carbonyl (C=O) groups excluding carboxylic acids is 1. The monoisotopic (exact) mass is 333 g/mol. The molecule has 5 heteroatoms. The van der Waals surface area contributed by atoms with Gasteiger partial charge in [0.05, 0.1) is 23.9 Å². The van der Waals surface area contributed by atoms with E-state index in [9.17, 15) is 4.79 Å². The molecule has 3 aromatic rings. The maximum absolute atomic E-state index is 12.4. The van der Waals surface area contributed by atoms with Gasteiger partial charge in [-0.15, -0.1) is 0 Å². The summed E-state index contributed by atoms with van der Waals surface area (Å²) in [5.74, 6) is -0.131. The first-order valence-electron chi connectivity index (χ1n) is 8.27. The fraction of sp³-hybridized carbons (Fsp3) is 0.200. The van der Waals surface area contributed by atoms with Gasteiger partial charge in [0.2, 0.25) is 5.91 Å². The standard InChI is InChI=1S/C20H19N3O2/c1-25-18-11-14-4-2-3-5-16(14)20(18)22-19(24)9-7-13-6-8-15-12-21-23-17(15)10-13/h2-10,12,18,20H,11H2,1H3,(H,21,23)(H,22,24)/b9-7+/t18-,20+/m0/s1. The zero-order chi connectivity index (χ0) is 17.2. The minimum Gasteiger partial charge on any atom is -0.379 e. The molecule has 2 N–H and O–H groups in total. The van der Waals surface area contributed by atoms with E-state index in [4.69, 9.17) is 4.74 Å². The number of aromatic amines is 1. The van der Waals surface area contributed by atoms with Crippen LogP contribution in [0.25, 0.3) is 17.0 Å². The van der Waals surface area contributed by atoms with E-state index < -0.39 is 0 Å². The number of benzene rings is 2. The number of amides is 1. The molecule has 1 heterocycles. The van der Waals surface area contributed by atoms with E-state index >= 15 is 0 Å². The Morgan fingerprint density at radius 2 is 2.20 bits per heavy atom. The van der Waals surface area contributed by atoms with Gasteiger partial charge < -0.3 is 10.1 Å². The molecule has 2 atom stereocenters. The summed E-state index contributed by atoms with van der Waals surface area (Å²) in [6.45, 7) is 0. The average molecular weight is 333 g/mol. The van der Waals surface area contributed by atoms with Crippen LogP contribution in [0, 0.1) is 0 Å². The molecule has 4 rings (SSSR count). The van der Waals surface area contributed by atoms with Crippen LogP contribution in [0.15, 0.2) is 54.7 Å². The van der Waals surface area contributed by atoms with Gasteiger partial charge in [-0.3, -0.25) is 9.89 Å². The van der Waals surface area contributed by atoms with Crippen LogP contribution in [-0.2, 0) is 16.0 Å². The number of carbonyl (C=O) groups is 1. The predicted octanol–water partition coefficient (Wildman–Crippen LogP) is 3.00. The van der Waals surface area contributed by atoms with Crippen molar-refractivity contribution in [3.63, 3.8) is 0 Å². The van der Waals surface area contributed by atoms with Crippen LogP contribution >= 0.6 is 0 Å². The summed E-state index contributed by atoms with van der Waals surface area (Å²) in [7, 11) is 1.69. The topological polar surface area (TPSA) is 67.0 Å². The van der Waals surface area contributed by atoms with Crippen LogP contribution in [0.3, 0.4) is 0 Å². The molecule has 1 aliphatic carbocycles. The van der Waals surface area contributed by atoms with Gasteiger partial charge in [0.15, 0.2) is 0 Å². The van der Waals surface area contributed by atoms with Crippen molar-refractivity contribution in [1.29, 1.82) is 0 Å². The number of rotatable bonds is 4. The van der Waals surface area contributed by atoms with Gasteiger partial charge in [-0.1, -0.05) is 36.4 Å². The maximum atomic E-state index is 12.4. The Labute approximate surface area is 145 Å². The lowest BCUT2D eigenvalue weighted by atomic mass is 10.1. The first-order valence-corrected chi connectivity index (χ1v) is 8.27. The lowest BCUT2D eigenvalue weighted by Crippen LogP contribution is -2.33. The van der Waals surface area contributed by atoms with Crippen molar-refractivity contribution in [2.24, 2.45) is 0 Å². The molecule has 0 saturated heterocycles. The van der Waals surface area contributed by atoms with Gasteiger partial charge in [0.1, 0.15) is 0 Å². The summed E-state index contributed by atoms with van der Waals surface area (Å²) < 4.78 is 5.56. The van der Waals surface area contributed by atoms with E-state index in [1.165, 1.54) is 5.56 Å². The van der Waals surface area contributed by atoms with Crippen molar-refractivity contribution in [2.45, 2.75) is 18.6 Å². The Kier molecular flexibility index (Phi) is 4.07. The van der Waals surface area contributed by atoms with Crippen LogP contribution < -0.4 is 5.32 Å². The molecule has 126 valence electrons. The zero-order valence-electron chi connectivity index (χ0n) is 13.9. The number of aromatic nitrogens is 2. The van der Waals surface area contributed by atoms with E-state index in [2.05, 4.69) is 27.6 Å². The molecule has 25 heavy (non-hydrogen) atoms. The Balaban J connectivity index is 1.49. The van der Waals surface area contributed by atoms with Crippen molar-refractivity contribution >= 4 is 22.9 Å². The summed E-state index contributed by atoms with van der Waals surface area (Å²) in [5.41, 5.74) is 4.26. The zero-order valence-corrected chi connectivity index (χ0v) is 13.9. The molecule has 0 fully saturated rings. The van der Waals surface area contributed by atoms with Crippen molar-refractivity contribution < 1.29 is 9.53 Å². The molecule has 0 bridgehead atoms. The number of H-pyrrole nitrogens is 1. The average Bonchev–Trinajstić information content (AvgIpc) is 3.24. The van der Waals surface area contributed by atoms with Crippen LogP contribution in [0.4, 0.5) is 0 Å². The van der Waals surface area contributed by atoms with Crippen LogP contribution in [0.5, 0.6) is 0 Å². The molecule has 0 unspecified atom stereocenters. The van der Waals surface area contributed by atoms with Crippen LogP contribution in [0.2, 0.25) is 0 Å². The molecule has 1 aromatic heterocycles. The minimum absolute atomic E-state index is 0.0314. The normalized spacial score (nSPS) is 19.4. The Bertz CT molecular complexity index is 945. The van der Waals surface area contributed by atoms with Crippen LogP contribution in [-0.4, -0.2) is 29.3 Å². The summed E-state index contributed by atoms with van der Waals surface area (Å²) >= 11 is 0. The molecule has 1 aliphatic rings. The Morgan fingerprint density at radius 1 is 1.32 bits per heavy atom. The lowest BCUT2D eigenvalue weighted by Gasteiger charge is -2.19. The predicted molar refractivity (Wildman–Crippen MR) is 97.0 cm³/mol. The van der Waals surface area contributed by atoms with Crippen molar-refractivity contribution in [3.05, 3.63) is 71.4 Å². The Morgan fingerprint density at radius 3 is 3.08 bits per heavy atom. The minimum atomic E-state index is -0.131. The van der Waals surface area contributed by atoms with Crippen molar-refractivity contribution in [1.82, 2.24) is 15.5 Å². The second-order valence-electron chi connectivity index (χ2n) is 6.21. The van der Waals surface area contributed by atoms with Gasteiger partial charge in [-0.2, -0.15) is 5.10 Å². The first kappa shape index (κ1) is 15.6. The van der Waals surface area contributed by atoms with Crippen molar-refractivity contribution in [3.8, 4) is 0 Å². The fourth-order valence-electron chi connectivity index (χ4n) is 3.38. The highest BCUT2D eigenvalue weighted by Crippen LogP contribution is 2.32. The van der Waals surface area contributed by atoms with Gasteiger partial charge in [-0.05, 0) is 28.8 Å². The van der Waals surface area contributed by atoms with E-state index in [1.807, 2.05) is 30.3 Å². The number of methoxy groups -OCH3 is 1. The fourth-order valence-corrected chi connectivity index (χ4v) is 3.38. The molecule has 0 saturated carbocycles. The van der Waals surface area contributed by atoms with E-state index in [1.54, 1.807) is 25.5 Å². The molecule has 2 aromatic carbocycles. The number of hydrogen-bond acceptors (Lipinski definition) is 3. The van der Waals surface area contributed by atoms with E-state index in [0.717, 1.165) is 28.5 Å². The molecule has 0 spiro atoms. The summed E-state index contributed by atoms with van der Waals surface area (Å²) in [5, 5.41) is 11.0. The molecular formula is C20H19N3O2. The third kappa shape index (κ3) is 3.06. The van der Waals surface area contributed by atoms with Gasteiger partial charge in [-0.25, -0.2) is 0 Å². The molecular weight excluding hydrogens is 314 g/mol. The summed E-state index contributed by atoms with van der Waals surface area (Å²) in [4.78, 5) is 12.4.